The number of benzene rings is 1. The molecule has 5 heteroatoms. The number of rotatable bonds is 4. The van der Waals surface area contributed by atoms with E-state index in [1.807, 2.05) is 0 Å². The van der Waals surface area contributed by atoms with E-state index in [0.717, 1.165) is 12.5 Å². The zero-order chi connectivity index (χ0) is 15.9. The maximum atomic E-state index is 9.45. The Hall–Kier alpha value is 0.0800. The molecule has 0 saturated heterocycles. The molecule has 1 aromatic carbocycles. The van der Waals surface area contributed by atoms with Gasteiger partial charge < -0.3 is 24.8 Å². The van der Waals surface area contributed by atoms with Gasteiger partial charge in [-0.15, -0.1) is 0 Å². The van der Waals surface area contributed by atoms with Crippen LogP contribution >= 0.6 is 0 Å². The summed E-state index contributed by atoms with van der Waals surface area (Å²) in [5.41, 5.74) is 7.56. The smallest absolute Gasteiger partial charge is 1.00 e. The van der Waals surface area contributed by atoms with E-state index in [1.165, 1.54) is 16.7 Å². The van der Waals surface area contributed by atoms with Gasteiger partial charge in [-0.05, 0) is 0 Å². The van der Waals surface area contributed by atoms with Gasteiger partial charge in [-0.25, -0.2) is 0 Å². The van der Waals surface area contributed by atoms with Gasteiger partial charge in [-0.1, -0.05) is 0 Å². The zero-order valence-corrected chi connectivity index (χ0v) is 19.3. The Morgan fingerprint density at radius 2 is 1.88 bits per heavy atom. The Labute approximate surface area is 174 Å². The first kappa shape index (κ1) is 22.1. The van der Waals surface area contributed by atoms with Crippen LogP contribution in [0.2, 0.25) is 19.1 Å². The van der Waals surface area contributed by atoms with Crippen molar-refractivity contribution in [1.29, 1.82) is 0 Å². The standard InChI is InChI=1S/C19H23OSi.2ClH.Zr/c1-14-13-15-7-4-5-8-16(15)19(14)17-9-6-10-18(17)21(2,3)12-11-20;;;/h4-8,10,13,20H,9,11-12H2,1-3H3;2*1H;/q;;;+2/p-2. The molecule has 0 saturated carbocycles. The predicted octanol–water partition coefficient (Wildman–Crippen LogP) is -1.43. The molecule has 2 aliphatic carbocycles. The monoisotopic (exact) mass is 455 g/mol. The molecule has 1 N–H and O–H groups in total. The van der Waals surface area contributed by atoms with E-state index in [4.69, 9.17) is 0 Å². The van der Waals surface area contributed by atoms with Gasteiger partial charge in [0, 0.05) is 0 Å². The summed E-state index contributed by atoms with van der Waals surface area (Å²) in [5, 5.41) is 11.0. The Bertz CT molecular complexity index is 707. The molecule has 1 atom stereocenters. The van der Waals surface area contributed by atoms with E-state index in [2.05, 4.69) is 56.4 Å². The summed E-state index contributed by atoms with van der Waals surface area (Å²) < 4.78 is 0.607. The molecule has 0 amide bonds. The molecule has 0 bridgehead atoms. The van der Waals surface area contributed by atoms with Gasteiger partial charge in [0.05, 0.1) is 0 Å². The maximum absolute atomic E-state index is 9.45. The van der Waals surface area contributed by atoms with E-state index in [1.54, 1.807) is 41.1 Å². The fourth-order valence-electron chi connectivity index (χ4n) is 3.76. The number of allylic oxidation sites excluding steroid dienone is 6. The third kappa shape index (κ3) is 3.76. The largest absolute Gasteiger partial charge is 1.00 e. The second-order valence-corrected chi connectivity index (χ2v) is 13.2. The third-order valence-corrected chi connectivity index (χ3v) is 10.3. The van der Waals surface area contributed by atoms with Crippen molar-refractivity contribution < 1.29 is 54.6 Å². The van der Waals surface area contributed by atoms with Gasteiger partial charge in [0.1, 0.15) is 0 Å². The molecule has 0 fully saturated rings. The van der Waals surface area contributed by atoms with Gasteiger partial charge in [-0.3, -0.25) is 0 Å². The van der Waals surface area contributed by atoms with E-state index < -0.39 is 8.07 Å². The number of hydrogen-bond acceptors (Lipinski definition) is 1. The number of halogens is 2. The topological polar surface area (TPSA) is 20.2 Å². The zero-order valence-electron chi connectivity index (χ0n) is 14.4. The number of aliphatic hydroxyl groups excluding tert-OH is 1. The first-order valence-electron chi connectivity index (χ1n) is 8.00. The first-order chi connectivity index (χ1) is 10.5. The van der Waals surface area contributed by atoms with Crippen LogP contribution in [0.4, 0.5) is 0 Å². The Kier molecular flexibility index (Phi) is 7.97. The molecule has 0 radical (unpaired) electrons. The quantitative estimate of drug-likeness (QED) is 0.550. The fourth-order valence-corrected chi connectivity index (χ4v) is 7.17. The summed E-state index contributed by atoms with van der Waals surface area (Å²) in [6.45, 7) is 7.40. The Morgan fingerprint density at radius 1 is 1.21 bits per heavy atom. The van der Waals surface area contributed by atoms with Crippen molar-refractivity contribution in [3.8, 4) is 0 Å². The van der Waals surface area contributed by atoms with Gasteiger partial charge in [0.25, 0.3) is 0 Å². The average molecular weight is 458 g/mol. The second kappa shape index (κ2) is 8.64. The number of hydrogen-bond donors (Lipinski definition) is 1. The summed E-state index contributed by atoms with van der Waals surface area (Å²) in [6, 6.07) is 9.87. The molecule has 3 rings (SSSR count). The molecule has 1 unspecified atom stereocenters. The summed E-state index contributed by atoms with van der Waals surface area (Å²) in [5.74, 6) is 0. The number of aliphatic hydroxyl groups is 1. The average Bonchev–Trinajstić information content (AvgIpc) is 3.05. The summed E-state index contributed by atoms with van der Waals surface area (Å²) in [4.78, 5) is 0. The third-order valence-electron chi connectivity index (χ3n) is 5.07. The molecule has 0 aromatic heterocycles. The van der Waals surface area contributed by atoms with Gasteiger partial charge in [0.15, 0.2) is 0 Å². The van der Waals surface area contributed by atoms with Crippen LogP contribution in [0.5, 0.6) is 0 Å². The van der Waals surface area contributed by atoms with E-state index in [0.29, 0.717) is 10.2 Å². The predicted molar refractivity (Wildman–Crippen MR) is 91.9 cm³/mol. The first-order valence-corrected chi connectivity index (χ1v) is 12.6. The van der Waals surface area contributed by atoms with Crippen molar-refractivity contribution in [3.05, 3.63) is 63.9 Å². The molecule has 1 aromatic rings. The minimum absolute atomic E-state index is 0. The summed E-state index contributed by atoms with van der Waals surface area (Å²) in [6.07, 6.45) is 5.72. The van der Waals surface area contributed by atoms with Crippen LogP contribution in [0.3, 0.4) is 0 Å². The second-order valence-electron chi connectivity index (χ2n) is 6.93. The van der Waals surface area contributed by atoms with Crippen molar-refractivity contribution in [2.24, 2.45) is 0 Å². The molecular weight excluding hydrogens is 434 g/mol. The van der Waals surface area contributed by atoms with Gasteiger partial charge >= 0.3 is 150 Å². The molecule has 24 heavy (non-hydrogen) atoms. The van der Waals surface area contributed by atoms with Crippen molar-refractivity contribution >= 4 is 13.6 Å². The van der Waals surface area contributed by atoms with Crippen LogP contribution in [0.15, 0.2) is 52.8 Å². The van der Waals surface area contributed by atoms with Crippen molar-refractivity contribution in [1.82, 2.24) is 0 Å². The van der Waals surface area contributed by atoms with E-state index in [-0.39, 0.29) is 24.8 Å². The van der Waals surface area contributed by atoms with Crippen molar-refractivity contribution in [3.63, 3.8) is 0 Å². The molecule has 2 aliphatic rings. The van der Waals surface area contributed by atoms with Crippen LogP contribution in [0.25, 0.3) is 5.57 Å². The van der Waals surface area contributed by atoms with E-state index >= 15 is 0 Å². The summed E-state index contributed by atoms with van der Waals surface area (Å²) in [7, 11) is -1.56. The van der Waals surface area contributed by atoms with Crippen LogP contribution in [-0.4, -0.2) is 19.8 Å². The maximum Gasteiger partial charge on any atom is -1.00 e. The van der Waals surface area contributed by atoms with Gasteiger partial charge in [0.2, 0.25) is 0 Å². The Balaban J connectivity index is 0.00000144. The van der Waals surface area contributed by atoms with Crippen LogP contribution in [-0.2, 0) is 24.7 Å². The van der Waals surface area contributed by atoms with Crippen molar-refractivity contribution in [2.45, 2.75) is 36.1 Å². The summed E-state index contributed by atoms with van der Waals surface area (Å²) >= 11 is 1.58. The fraction of sp³-hybridized carbons (Fsp3) is 0.368. The molecule has 0 spiro atoms. The minimum atomic E-state index is -1.56. The number of fused-ring (bicyclic) bond motifs is 1. The van der Waals surface area contributed by atoms with Crippen molar-refractivity contribution in [2.75, 3.05) is 6.61 Å². The van der Waals surface area contributed by atoms with Crippen LogP contribution in [0, 0.1) is 0 Å². The molecule has 1 nitrogen and oxygen atoms in total. The molecule has 0 heterocycles. The van der Waals surface area contributed by atoms with Crippen LogP contribution < -0.4 is 24.8 Å². The van der Waals surface area contributed by atoms with E-state index in [9.17, 15) is 5.11 Å². The molecule has 0 aliphatic heterocycles. The van der Waals surface area contributed by atoms with Crippen LogP contribution in [0.1, 0.15) is 28.1 Å². The molecule has 127 valence electrons. The minimum Gasteiger partial charge on any atom is -1.00 e. The molecular formula is C19H23Cl2OSiZr. The Morgan fingerprint density at radius 3 is 2.54 bits per heavy atom. The SMILES string of the molecule is CC1=C(C2=C([Si](C)(C)CCO)C=CC2)c2ccccc2[CH]1[Zr+2].[Cl-].[Cl-]. The van der Waals surface area contributed by atoms with Gasteiger partial charge in [-0.2, -0.15) is 0 Å². The normalized spacial score (nSPS) is 19.3.